The van der Waals surface area contributed by atoms with E-state index in [-0.39, 0.29) is 24.0 Å². The van der Waals surface area contributed by atoms with Crippen LogP contribution in [0.5, 0.6) is 17.2 Å². The zero-order valence-corrected chi connectivity index (χ0v) is 20.2. The van der Waals surface area contributed by atoms with E-state index in [4.69, 9.17) is 14.2 Å². The van der Waals surface area contributed by atoms with E-state index in [1.54, 1.807) is 21.3 Å². The highest BCUT2D eigenvalue weighted by Crippen LogP contribution is 2.30. The van der Waals surface area contributed by atoms with Gasteiger partial charge in [0.05, 0.1) is 20.8 Å². The van der Waals surface area contributed by atoms with Gasteiger partial charge in [0.15, 0.2) is 17.5 Å². The predicted molar refractivity (Wildman–Crippen MR) is 129 cm³/mol. The Morgan fingerprint density at radius 2 is 1.69 bits per heavy atom. The van der Waals surface area contributed by atoms with Crippen molar-refractivity contribution < 1.29 is 14.2 Å². The first-order valence-corrected chi connectivity index (χ1v) is 9.49. The average molecular weight is 513 g/mol. The Hall–Kier alpha value is -2.16. The predicted octanol–water partition coefficient (Wildman–Crippen LogP) is 4.28. The van der Waals surface area contributed by atoms with Crippen LogP contribution in [0.25, 0.3) is 0 Å². The molecule has 0 aliphatic carbocycles. The second-order valence-corrected chi connectivity index (χ2v) is 6.39. The molecule has 6 nitrogen and oxygen atoms in total. The highest BCUT2D eigenvalue weighted by Gasteiger charge is 2.10. The number of nitrogens with one attached hydrogen (secondary N) is 2. The summed E-state index contributed by atoms with van der Waals surface area (Å²) in [6, 6.07) is 12.1. The minimum Gasteiger partial charge on any atom is -0.493 e. The molecule has 2 aromatic carbocycles. The van der Waals surface area contributed by atoms with E-state index in [9.17, 15) is 0 Å². The van der Waals surface area contributed by atoms with Gasteiger partial charge in [-0.15, -0.1) is 24.0 Å². The van der Waals surface area contributed by atoms with Gasteiger partial charge in [0, 0.05) is 31.3 Å². The van der Waals surface area contributed by atoms with Crippen molar-refractivity contribution in [3.05, 3.63) is 53.1 Å². The molecular weight excluding hydrogens is 481 g/mol. The normalized spacial score (nSPS) is 10.7. The molecule has 0 bridgehead atoms. The molecular formula is C22H32IN3O3. The summed E-state index contributed by atoms with van der Waals surface area (Å²) in [5, 5.41) is 6.66. The first-order valence-electron chi connectivity index (χ1n) is 9.49. The van der Waals surface area contributed by atoms with Crippen LogP contribution in [-0.4, -0.2) is 33.8 Å². The van der Waals surface area contributed by atoms with E-state index in [0.29, 0.717) is 31.4 Å². The van der Waals surface area contributed by atoms with E-state index in [1.807, 2.05) is 18.2 Å². The van der Waals surface area contributed by atoms with Crippen LogP contribution in [0.15, 0.2) is 41.4 Å². The molecule has 0 spiro atoms. The Balaban J connectivity index is 0.00000420. The number of halogens is 1. The largest absolute Gasteiger partial charge is 0.493 e. The fourth-order valence-electron chi connectivity index (χ4n) is 2.83. The van der Waals surface area contributed by atoms with Crippen molar-refractivity contribution in [2.24, 2.45) is 4.99 Å². The van der Waals surface area contributed by atoms with Crippen molar-refractivity contribution in [3.63, 3.8) is 0 Å². The molecule has 0 heterocycles. The number of aryl methyl sites for hydroxylation is 1. The highest BCUT2D eigenvalue weighted by molar-refractivity contribution is 14.0. The minimum atomic E-state index is 0. The summed E-state index contributed by atoms with van der Waals surface area (Å²) < 4.78 is 16.7. The Morgan fingerprint density at radius 1 is 0.966 bits per heavy atom. The van der Waals surface area contributed by atoms with Gasteiger partial charge in [0.25, 0.3) is 0 Å². The van der Waals surface area contributed by atoms with Gasteiger partial charge in [-0.2, -0.15) is 0 Å². The lowest BCUT2D eigenvalue weighted by Crippen LogP contribution is -2.36. The van der Waals surface area contributed by atoms with E-state index < -0.39 is 0 Å². The van der Waals surface area contributed by atoms with Crippen LogP contribution in [0.3, 0.4) is 0 Å². The summed E-state index contributed by atoms with van der Waals surface area (Å²) in [7, 11) is 5.03. The van der Waals surface area contributed by atoms with Gasteiger partial charge >= 0.3 is 0 Å². The van der Waals surface area contributed by atoms with Gasteiger partial charge in [0.2, 0.25) is 0 Å². The van der Waals surface area contributed by atoms with Gasteiger partial charge in [-0.1, -0.05) is 31.2 Å². The van der Waals surface area contributed by atoms with Crippen molar-refractivity contribution in [1.29, 1.82) is 0 Å². The van der Waals surface area contributed by atoms with Gasteiger partial charge in [-0.25, -0.2) is 0 Å². The van der Waals surface area contributed by atoms with Crippen molar-refractivity contribution in [2.75, 3.05) is 27.9 Å². The van der Waals surface area contributed by atoms with Crippen LogP contribution in [0, 0.1) is 6.92 Å². The van der Waals surface area contributed by atoms with Crippen molar-refractivity contribution in [2.45, 2.75) is 33.4 Å². The summed E-state index contributed by atoms with van der Waals surface area (Å²) in [5.74, 6) is 3.05. The summed E-state index contributed by atoms with van der Waals surface area (Å²) in [6.07, 6.45) is 0.979. The maximum absolute atomic E-state index is 5.89. The first-order chi connectivity index (χ1) is 13.6. The van der Waals surface area contributed by atoms with Crippen LogP contribution < -0.4 is 24.8 Å². The maximum atomic E-state index is 5.89. The molecule has 2 rings (SSSR count). The molecule has 0 saturated carbocycles. The molecule has 2 N–H and O–H groups in total. The topological polar surface area (TPSA) is 64.1 Å². The summed E-state index contributed by atoms with van der Waals surface area (Å²) in [6.45, 7) is 6.06. The second-order valence-electron chi connectivity index (χ2n) is 6.39. The molecule has 0 amide bonds. The molecule has 0 saturated heterocycles. The molecule has 160 valence electrons. The van der Waals surface area contributed by atoms with E-state index >= 15 is 0 Å². The second kappa shape index (κ2) is 13.1. The first kappa shape index (κ1) is 24.9. The molecule has 7 heteroatoms. The van der Waals surface area contributed by atoms with Crippen molar-refractivity contribution in [3.8, 4) is 17.2 Å². The number of nitrogens with zero attached hydrogens (tertiary/aromatic N) is 1. The molecule has 0 aromatic heterocycles. The Bertz CT molecular complexity index is 797. The number of hydrogen-bond acceptors (Lipinski definition) is 4. The van der Waals surface area contributed by atoms with Crippen molar-refractivity contribution in [1.82, 2.24) is 10.6 Å². The van der Waals surface area contributed by atoms with Gasteiger partial charge < -0.3 is 24.8 Å². The molecule has 0 aliphatic rings. The number of benzene rings is 2. The standard InChI is InChI=1S/C22H31N3O3.HI/c1-6-12-28-20-13-16(2)10-11-17(20)14-24-22(23-3)25-15-18-8-7-9-19(26-4)21(18)27-5;/h7-11,13H,6,12,14-15H2,1-5H3,(H2,23,24,25);1H. The lowest BCUT2D eigenvalue weighted by atomic mass is 10.1. The van der Waals surface area contributed by atoms with Crippen LogP contribution in [0.2, 0.25) is 0 Å². The average Bonchev–Trinajstić information content (AvgIpc) is 2.72. The summed E-state index contributed by atoms with van der Waals surface area (Å²) in [5.41, 5.74) is 3.27. The Morgan fingerprint density at radius 3 is 2.31 bits per heavy atom. The van der Waals surface area contributed by atoms with Crippen LogP contribution in [-0.2, 0) is 13.1 Å². The maximum Gasteiger partial charge on any atom is 0.191 e. The van der Waals surface area contributed by atoms with E-state index in [2.05, 4.69) is 47.7 Å². The van der Waals surface area contributed by atoms with Gasteiger partial charge in [-0.3, -0.25) is 4.99 Å². The molecule has 0 radical (unpaired) electrons. The fourth-order valence-corrected chi connectivity index (χ4v) is 2.83. The Labute approximate surface area is 191 Å². The zero-order valence-electron chi connectivity index (χ0n) is 17.9. The number of para-hydroxylation sites is 1. The van der Waals surface area contributed by atoms with Crippen LogP contribution in [0.1, 0.15) is 30.0 Å². The monoisotopic (exact) mass is 513 g/mol. The quantitative estimate of drug-likeness (QED) is 0.298. The third-order valence-electron chi connectivity index (χ3n) is 4.29. The number of rotatable bonds is 9. The van der Waals surface area contributed by atoms with Crippen molar-refractivity contribution >= 4 is 29.9 Å². The summed E-state index contributed by atoms with van der Waals surface area (Å²) >= 11 is 0. The van der Waals surface area contributed by atoms with Gasteiger partial charge in [0.1, 0.15) is 5.75 Å². The smallest absolute Gasteiger partial charge is 0.191 e. The third kappa shape index (κ3) is 7.30. The lowest BCUT2D eigenvalue weighted by Gasteiger charge is -2.17. The lowest BCUT2D eigenvalue weighted by molar-refractivity contribution is 0.313. The molecule has 0 aliphatic heterocycles. The molecule has 0 unspecified atom stereocenters. The number of ether oxygens (including phenoxy) is 3. The summed E-state index contributed by atoms with van der Waals surface area (Å²) in [4.78, 5) is 4.31. The number of hydrogen-bond donors (Lipinski definition) is 2. The van der Waals surface area contributed by atoms with E-state index in [1.165, 1.54) is 5.56 Å². The number of aliphatic imine (C=N–C) groups is 1. The number of guanidine groups is 1. The highest BCUT2D eigenvalue weighted by atomic mass is 127. The SMILES string of the molecule is CCCOc1cc(C)ccc1CNC(=NC)NCc1cccc(OC)c1OC.I. The number of methoxy groups -OCH3 is 2. The molecule has 29 heavy (non-hydrogen) atoms. The molecule has 0 atom stereocenters. The fraction of sp³-hybridized carbons (Fsp3) is 0.409. The van der Waals surface area contributed by atoms with Crippen LogP contribution >= 0.6 is 24.0 Å². The zero-order chi connectivity index (χ0) is 20.4. The molecule has 2 aromatic rings. The molecule has 0 fully saturated rings. The Kier molecular flexibility index (Phi) is 11.3. The van der Waals surface area contributed by atoms with Gasteiger partial charge in [-0.05, 0) is 31.0 Å². The minimum absolute atomic E-state index is 0. The third-order valence-corrected chi connectivity index (χ3v) is 4.29. The van der Waals surface area contributed by atoms with E-state index in [0.717, 1.165) is 29.0 Å². The van der Waals surface area contributed by atoms with Crippen LogP contribution in [0.4, 0.5) is 0 Å².